The van der Waals surface area contributed by atoms with Crippen LogP contribution >= 0.6 is 39.3 Å². The van der Waals surface area contributed by atoms with Crippen molar-refractivity contribution in [2.75, 3.05) is 12.3 Å². The van der Waals surface area contributed by atoms with Gasteiger partial charge in [-0.3, -0.25) is 4.79 Å². The molecule has 0 saturated carbocycles. The Morgan fingerprint density at radius 1 is 1.71 bits per heavy atom. The number of carbonyl (C=O) groups excluding carboxylic acids is 1. The molecule has 1 atom stereocenters. The van der Waals surface area contributed by atoms with E-state index < -0.39 is 0 Å². The topological polar surface area (TPSA) is 42.0 Å². The molecule has 1 aromatic heterocycles. The van der Waals surface area contributed by atoms with Crippen LogP contribution in [0.25, 0.3) is 0 Å². The molecule has 6 heteroatoms. The van der Waals surface area contributed by atoms with Gasteiger partial charge in [-0.2, -0.15) is 11.8 Å². The molecular formula is C11H12BrClN2OS. The third-order valence-electron chi connectivity index (χ3n) is 2.56. The molecule has 0 bridgehead atoms. The first-order chi connectivity index (χ1) is 8.16. The molecule has 1 fully saturated rings. The summed E-state index contributed by atoms with van der Waals surface area (Å²) in [5.41, 5.74) is 0.420. The van der Waals surface area contributed by atoms with Gasteiger partial charge in [0.1, 0.15) is 5.15 Å². The smallest absolute Gasteiger partial charge is 0.254 e. The molecule has 0 spiro atoms. The number of nitrogens with one attached hydrogen (secondary N) is 1. The highest BCUT2D eigenvalue weighted by atomic mass is 79.9. The molecule has 0 aromatic carbocycles. The van der Waals surface area contributed by atoms with Crippen molar-refractivity contribution in [3.05, 3.63) is 27.5 Å². The summed E-state index contributed by atoms with van der Waals surface area (Å²) < 4.78 is 0.752. The van der Waals surface area contributed by atoms with E-state index in [-0.39, 0.29) is 11.1 Å². The van der Waals surface area contributed by atoms with Gasteiger partial charge in [-0.05, 0) is 40.6 Å². The van der Waals surface area contributed by atoms with Crippen LogP contribution in [0.2, 0.25) is 5.15 Å². The number of aromatic nitrogens is 1. The minimum atomic E-state index is -0.156. The van der Waals surface area contributed by atoms with E-state index in [1.807, 2.05) is 11.8 Å². The largest absolute Gasteiger partial charge is 0.351 e. The summed E-state index contributed by atoms with van der Waals surface area (Å²) in [5.74, 6) is 1.04. The van der Waals surface area contributed by atoms with Crippen LogP contribution in [-0.2, 0) is 0 Å². The first-order valence-electron chi connectivity index (χ1n) is 5.37. The van der Waals surface area contributed by atoms with E-state index >= 15 is 0 Å². The lowest BCUT2D eigenvalue weighted by Gasteiger charge is -2.10. The van der Waals surface area contributed by atoms with Crippen molar-refractivity contribution in [2.24, 2.45) is 0 Å². The molecule has 2 rings (SSSR count). The molecule has 1 aromatic rings. The quantitative estimate of drug-likeness (QED) is 0.863. The second-order valence-corrected chi connectivity index (χ2v) is 6.52. The maximum Gasteiger partial charge on any atom is 0.254 e. The van der Waals surface area contributed by atoms with Gasteiger partial charge in [-0.15, -0.1) is 0 Å². The predicted octanol–water partition coefficient (Wildman–Crippen LogP) is 3.12. The Morgan fingerprint density at radius 2 is 2.53 bits per heavy atom. The second-order valence-electron chi connectivity index (χ2n) is 3.84. The summed E-state index contributed by atoms with van der Waals surface area (Å²) >= 11 is 11.1. The predicted molar refractivity (Wildman–Crippen MR) is 74.8 cm³/mol. The van der Waals surface area contributed by atoms with E-state index in [0.29, 0.717) is 17.4 Å². The number of thioether (sulfide) groups is 1. The molecule has 3 nitrogen and oxygen atoms in total. The Labute approximate surface area is 118 Å². The summed E-state index contributed by atoms with van der Waals surface area (Å²) in [7, 11) is 0. The van der Waals surface area contributed by atoms with E-state index in [1.165, 1.54) is 18.6 Å². The highest BCUT2D eigenvalue weighted by Crippen LogP contribution is 2.25. The molecule has 2 heterocycles. The number of rotatable bonds is 3. The number of halogens is 2. The lowest BCUT2D eigenvalue weighted by atomic mass is 10.2. The lowest BCUT2D eigenvalue weighted by molar-refractivity contribution is 0.0953. The van der Waals surface area contributed by atoms with E-state index in [4.69, 9.17) is 11.6 Å². The third-order valence-corrected chi connectivity index (χ3v) is 4.70. The van der Waals surface area contributed by atoms with Crippen LogP contribution < -0.4 is 5.32 Å². The van der Waals surface area contributed by atoms with Crippen LogP contribution in [-0.4, -0.2) is 28.4 Å². The molecular weight excluding hydrogens is 324 g/mol. The van der Waals surface area contributed by atoms with E-state index in [2.05, 4.69) is 26.2 Å². The summed E-state index contributed by atoms with van der Waals surface area (Å²) in [4.78, 5) is 15.8. The Kier molecular flexibility index (Phi) is 4.70. The Hall–Kier alpha value is -0.260. The number of pyridine rings is 1. The Bertz CT molecular complexity index is 424. The first kappa shape index (κ1) is 13.2. The summed E-state index contributed by atoms with van der Waals surface area (Å²) in [6, 6.07) is 1.69. The third kappa shape index (κ3) is 3.60. The average molecular weight is 336 g/mol. The van der Waals surface area contributed by atoms with E-state index in [0.717, 1.165) is 4.47 Å². The highest BCUT2D eigenvalue weighted by Gasteiger charge is 2.18. The van der Waals surface area contributed by atoms with Gasteiger partial charge in [0.2, 0.25) is 0 Å². The van der Waals surface area contributed by atoms with E-state index in [9.17, 15) is 4.79 Å². The van der Waals surface area contributed by atoms with Gasteiger partial charge in [0.15, 0.2) is 0 Å². The van der Waals surface area contributed by atoms with Crippen LogP contribution in [0.1, 0.15) is 23.2 Å². The van der Waals surface area contributed by atoms with Gasteiger partial charge in [-0.25, -0.2) is 4.98 Å². The van der Waals surface area contributed by atoms with Crippen molar-refractivity contribution in [3.8, 4) is 0 Å². The van der Waals surface area contributed by atoms with Crippen LogP contribution in [0.3, 0.4) is 0 Å². The molecule has 1 unspecified atom stereocenters. The molecule has 1 aliphatic heterocycles. The normalized spacial score (nSPS) is 19.3. The standard InChI is InChI=1S/C11H12BrClN2OS/c12-7-4-9(10(13)14-5-7)11(16)15-6-8-2-1-3-17-8/h4-5,8H,1-3,6H2,(H,15,16). The van der Waals surface area contributed by atoms with Crippen molar-refractivity contribution in [2.45, 2.75) is 18.1 Å². The fourth-order valence-corrected chi connectivity index (χ4v) is 3.41. The zero-order valence-corrected chi connectivity index (χ0v) is 12.2. The zero-order valence-electron chi connectivity index (χ0n) is 9.08. The fourth-order valence-electron chi connectivity index (χ4n) is 1.69. The van der Waals surface area contributed by atoms with Crippen LogP contribution in [0.4, 0.5) is 0 Å². The van der Waals surface area contributed by atoms with Crippen molar-refractivity contribution >= 4 is 45.2 Å². The highest BCUT2D eigenvalue weighted by molar-refractivity contribution is 9.10. The maximum absolute atomic E-state index is 11.9. The monoisotopic (exact) mass is 334 g/mol. The molecule has 92 valence electrons. The number of hydrogen-bond acceptors (Lipinski definition) is 3. The van der Waals surface area contributed by atoms with Crippen LogP contribution in [0, 0.1) is 0 Å². The van der Waals surface area contributed by atoms with Crippen molar-refractivity contribution in [1.82, 2.24) is 10.3 Å². The van der Waals surface area contributed by atoms with Crippen molar-refractivity contribution < 1.29 is 4.79 Å². The lowest BCUT2D eigenvalue weighted by Crippen LogP contribution is -2.30. The number of hydrogen-bond donors (Lipinski definition) is 1. The minimum absolute atomic E-state index is 0.156. The molecule has 1 saturated heterocycles. The molecule has 17 heavy (non-hydrogen) atoms. The Balaban J connectivity index is 1.96. The van der Waals surface area contributed by atoms with Crippen molar-refractivity contribution in [3.63, 3.8) is 0 Å². The molecule has 1 aliphatic rings. The zero-order chi connectivity index (χ0) is 12.3. The molecule has 0 radical (unpaired) electrons. The first-order valence-corrected chi connectivity index (χ1v) is 7.59. The van der Waals surface area contributed by atoms with Gasteiger partial charge in [0.05, 0.1) is 5.56 Å². The Morgan fingerprint density at radius 3 is 3.24 bits per heavy atom. The average Bonchev–Trinajstić information content (AvgIpc) is 2.82. The second kappa shape index (κ2) is 6.07. The summed E-state index contributed by atoms with van der Waals surface area (Å²) in [6.45, 7) is 0.701. The van der Waals surface area contributed by atoms with Gasteiger partial charge in [0.25, 0.3) is 5.91 Å². The van der Waals surface area contributed by atoms with E-state index in [1.54, 1.807) is 12.3 Å². The summed E-state index contributed by atoms with van der Waals surface area (Å²) in [5, 5.41) is 3.68. The fraction of sp³-hybridized carbons (Fsp3) is 0.455. The van der Waals surface area contributed by atoms with Crippen LogP contribution in [0.15, 0.2) is 16.7 Å². The minimum Gasteiger partial charge on any atom is -0.351 e. The van der Waals surface area contributed by atoms with Gasteiger partial charge in [0, 0.05) is 22.5 Å². The molecule has 0 aliphatic carbocycles. The maximum atomic E-state index is 11.9. The SMILES string of the molecule is O=C(NCC1CCCS1)c1cc(Br)cnc1Cl. The molecule has 1 N–H and O–H groups in total. The number of amides is 1. The number of nitrogens with zero attached hydrogens (tertiary/aromatic N) is 1. The van der Waals surface area contributed by atoms with Gasteiger partial charge < -0.3 is 5.32 Å². The van der Waals surface area contributed by atoms with Crippen molar-refractivity contribution in [1.29, 1.82) is 0 Å². The van der Waals surface area contributed by atoms with Crippen LogP contribution in [0.5, 0.6) is 0 Å². The molecule has 1 amide bonds. The summed E-state index contributed by atoms with van der Waals surface area (Å²) in [6.07, 6.45) is 3.99. The van der Waals surface area contributed by atoms with Gasteiger partial charge >= 0.3 is 0 Å². The number of carbonyl (C=O) groups is 1. The van der Waals surface area contributed by atoms with Gasteiger partial charge in [-0.1, -0.05) is 11.6 Å².